The molecule has 5 nitrogen and oxygen atoms in total. The SMILES string of the molecule is O=C(CC1CSc2ccccc2N(CCc2ccccc2)C1=O)NC1CCN(CCc2ccccc2)CC1. The van der Waals surface area contributed by atoms with Gasteiger partial charge >= 0.3 is 0 Å². The summed E-state index contributed by atoms with van der Waals surface area (Å²) in [6, 6.07) is 29.2. The number of likely N-dealkylation sites (tertiary alicyclic amines) is 1. The fraction of sp³-hybridized carbons (Fsp3) is 0.375. The standard InChI is InChI=1S/C32H37N3O2S/c36-31(33-28-17-20-34(21-18-28)19-15-25-9-3-1-4-10-25)23-27-24-38-30-14-8-7-13-29(30)35(32(27)37)22-16-26-11-5-2-6-12-26/h1-14,27-28H,15-24H2,(H,33,36). The molecule has 1 atom stereocenters. The molecule has 0 saturated carbocycles. The molecule has 5 rings (SSSR count). The Morgan fingerprint density at radius 2 is 1.42 bits per heavy atom. The number of hydrogen-bond donors (Lipinski definition) is 1. The Morgan fingerprint density at radius 1 is 0.816 bits per heavy atom. The molecule has 2 heterocycles. The van der Waals surface area contributed by atoms with E-state index in [0.29, 0.717) is 12.3 Å². The Balaban J connectivity index is 1.14. The van der Waals surface area contributed by atoms with Crippen molar-refractivity contribution in [1.82, 2.24) is 10.2 Å². The van der Waals surface area contributed by atoms with Crippen molar-refractivity contribution in [3.05, 3.63) is 96.1 Å². The molecule has 0 radical (unpaired) electrons. The second-order valence-corrected chi connectivity index (χ2v) is 11.4. The fourth-order valence-corrected chi connectivity index (χ4v) is 6.55. The number of fused-ring (bicyclic) bond motifs is 1. The monoisotopic (exact) mass is 527 g/mol. The zero-order chi connectivity index (χ0) is 26.2. The Bertz CT molecular complexity index is 1200. The van der Waals surface area contributed by atoms with E-state index in [0.717, 1.165) is 55.9 Å². The Kier molecular flexibility index (Phi) is 9.15. The van der Waals surface area contributed by atoms with Crippen LogP contribution in [0.15, 0.2) is 89.8 Å². The molecule has 2 aliphatic heterocycles. The van der Waals surface area contributed by atoms with E-state index in [1.54, 1.807) is 11.8 Å². The molecule has 6 heteroatoms. The Labute approximate surface area is 230 Å². The average molecular weight is 528 g/mol. The number of carbonyl (C=O) groups excluding carboxylic acids is 2. The van der Waals surface area contributed by atoms with Crippen molar-refractivity contribution in [2.24, 2.45) is 5.92 Å². The van der Waals surface area contributed by atoms with E-state index in [-0.39, 0.29) is 30.2 Å². The van der Waals surface area contributed by atoms with Crippen LogP contribution in [-0.2, 0) is 22.4 Å². The molecule has 2 aliphatic rings. The second-order valence-electron chi connectivity index (χ2n) is 10.3. The number of amides is 2. The van der Waals surface area contributed by atoms with Gasteiger partial charge in [0.2, 0.25) is 11.8 Å². The number of thioether (sulfide) groups is 1. The number of hydrogen-bond acceptors (Lipinski definition) is 4. The zero-order valence-electron chi connectivity index (χ0n) is 21.9. The third kappa shape index (κ3) is 7.06. The van der Waals surface area contributed by atoms with E-state index in [4.69, 9.17) is 0 Å². The van der Waals surface area contributed by atoms with Gasteiger partial charge in [-0.05, 0) is 48.9 Å². The van der Waals surface area contributed by atoms with Crippen molar-refractivity contribution in [2.45, 2.75) is 43.0 Å². The van der Waals surface area contributed by atoms with E-state index < -0.39 is 0 Å². The summed E-state index contributed by atoms with van der Waals surface area (Å²) < 4.78 is 0. The predicted molar refractivity (Wildman–Crippen MR) is 156 cm³/mol. The van der Waals surface area contributed by atoms with Crippen LogP contribution in [-0.4, -0.2) is 54.7 Å². The fourth-order valence-electron chi connectivity index (χ4n) is 5.41. The number of rotatable bonds is 9. The summed E-state index contributed by atoms with van der Waals surface area (Å²) in [6.07, 6.45) is 4.01. The summed E-state index contributed by atoms with van der Waals surface area (Å²) in [5.41, 5.74) is 3.54. The normalized spacial score (nSPS) is 18.6. The predicted octanol–water partition coefficient (Wildman–Crippen LogP) is 5.20. The molecule has 198 valence electrons. The maximum atomic E-state index is 13.7. The number of nitrogens with one attached hydrogen (secondary N) is 1. The van der Waals surface area contributed by atoms with Gasteiger partial charge in [0, 0.05) is 49.3 Å². The molecule has 2 amide bonds. The van der Waals surface area contributed by atoms with Crippen LogP contribution in [0, 0.1) is 5.92 Å². The van der Waals surface area contributed by atoms with Gasteiger partial charge in [0.05, 0.1) is 11.6 Å². The summed E-state index contributed by atoms with van der Waals surface area (Å²) in [5.74, 6) is 0.363. The molecule has 0 bridgehead atoms. The van der Waals surface area contributed by atoms with Crippen LogP contribution in [0.5, 0.6) is 0 Å². The first-order valence-corrected chi connectivity index (χ1v) is 14.8. The maximum Gasteiger partial charge on any atom is 0.231 e. The molecule has 1 fully saturated rings. The van der Waals surface area contributed by atoms with Crippen molar-refractivity contribution in [3.63, 3.8) is 0 Å². The van der Waals surface area contributed by atoms with Gasteiger partial charge in [-0.2, -0.15) is 0 Å². The van der Waals surface area contributed by atoms with Gasteiger partial charge in [-0.1, -0.05) is 72.8 Å². The van der Waals surface area contributed by atoms with Crippen molar-refractivity contribution in [2.75, 3.05) is 36.8 Å². The zero-order valence-corrected chi connectivity index (χ0v) is 22.7. The summed E-state index contributed by atoms with van der Waals surface area (Å²) in [5, 5.41) is 3.25. The van der Waals surface area contributed by atoms with Crippen LogP contribution in [0.3, 0.4) is 0 Å². The van der Waals surface area contributed by atoms with E-state index >= 15 is 0 Å². The first kappa shape index (κ1) is 26.5. The summed E-state index contributed by atoms with van der Waals surface area (Å²) in [7, 11) is 0. The minimum absolute atomic E-state index is 0.000603. The van der Waals surface area contributed by atoms with Crippen LogP contribution >= 0.6 is 11.8 Å². The smallest absolute Gasteiger partial charge is 0.231 e. The molecular weight excluding hydrogens is 490 g/mol. The maximum absolute atomic E-state index is 13.7. The molecule has 3 aromatic rings. The number of benzene rings is 3. The van der Waals surface area contributed by atoms with Crippen molar-refractivity contribution >= 4 is 29.3 Å². The number of carbonyl (C=O) groups is 2. The molecule has 38 heavy (non-hydrogen) atoms. The number of nitrogens with zero attached hydrogens (tertiary/aromatic N) is 2. The van der Waals surface area contributed by atoms with Crippen LogP contribution < -0.4 is 10.2 Å². The molecule has 1 N–H and O–H groups in total. The molecule has 0 aromatic heterocycles. The van der Waals surface area contributed by atoms with Crippen LogP contribution in [0.2, 0.25) is 0 Å². The third-order valence-electron chi connectivity index (χ3n) is 7.62. The van der Waals surface area contributed by atoms with Gasteiger partial charge in [0.25, 0.3) is 0 Å². The van der Waals surface area contributed by atoms with E-state index in [1.807, 2.05) is 41.3 Å². The lowest BCUT2D eigenvalue weighted by Crippen LogP contribution is -2.46. The Hall–Kier alpha value is -3.09. The molecule has 0 aliphatic carbocycles. The summed E-state index contributed by atoms with van der Waals surface area (Å²) in [4.78, 5) is 32.3. The summed E-state index contributed by atoms with van der Waals surface area (Å²) >= 11 is 1.69. The average Bonchev–Trinajstić information content (AvgIpc) is 3.09. The number of anilines is 1. The Morgan fingerprint density at radius 3 is 2.11 bits per heavy atom. The van der Waals surface area contributed by atoms with Crippen molar-refractivity contribution < 1.29 is 9.59 Å². The van der Waals surface area contributed by atoms with Gasteiger partial charge in [0.1, 0.15) is 0 Å². The van der Waals surface area contributed by atoms with Crippen LogP contribution in [0.25, 0.3) is 0 Å². The first-order chi connectivity index (χ1) is 18.7. The van der Waals surface area contributed by atoms with Crippen molar-refractivity contribution in [3.8, 4) is 0 Å². The van der Waals surface area contributed by atoms with Crippen LogP contribution in [0.4, 0.5) is 5.69 Å². The lowest BCUT2D eigenvalue weighted by atomic mass is 10.0. The van der Waals surface area contributed by atoms with Crippen molar-refractivity contribution in [1.29, 1.82) is 0 Å². The van der Waals surface area contributed by atoms with Gasteiger partial charge in [-0.15, -0.1) is 11.8 Å². The van der Waals surface area contributed by atoms with E-state index in [1.165, 1.54) is 11.1 Å². The minimum Gasteiger partial charge on any atom is -0.353 e. The topological polar surface area (TPSA) is 52.7 Å². The van der Waals surface area contributed by atoms with E-state index in [2.05, 4.69) is 58.7 Å². The third-order valence-corrected chi connectivity index (χ3v) is 8.85. The lowest BCUT2D eigenvalue weighted by molar-refractivity contribution is -0.128. The number of piperidine rings is 1. The molecule has 3 aromatic carbocycles. The summed E-state index contributed by atoms with van der Waals surface area (Å²) in [6.45, 7) is 3.66. The lowest BCUT2D eigenvalue weighted by Gasteiger charge is -2.32. The highest BCUT2D eigenvalue weighted by Gasteiger charge is 2.32. The highest BCUT2D eigenvalue weighted by atomic mass is 32.2. The minimum atomic E-state index is -0.325. The second kappa shape index (κ2) is 13.1. The first-order valence-electron chi connectivity index (χ1n) is 13.8. The highest BCUT2D eigenvalue weighted by molar-refractivity contribution is 7.99. The molecule has 1 saturated heterocycles. The number of para-hydroxylation sites is 1. The largest absolute Gasteiger partial charge is 0.353 e. The van der Waals surface area contributed by atoms with Gasteiger partial charge in [-0.25, -0.2) is 0 Å². The van der Waals surface area contributed by atoms with Gasteiger partial charge in [0.15, 0.2) is 0 Å². The molecule has 1 unspecified atom stereocenters. The molecule has 0 spiro atoms. The van der Waals surface area contributed by atoms with Crippen LogP contribution in [0.1, 0.15) is 30.4 Å². The highest BCUT2D eigenvalue weighted by Crippen LogP contribution is 2.37. The molecular formula is C32H37N3O2S. The van der Waals surface area contributed by atoms with Gasteiger partial charge < -0.3 is 15.1 Å². The quantitative estimate of drug-likeness (QED) is 0.416. The van der Waals surface area contributed by atoms with E-state index in [9.17, 15) is 9.59 Å². The van der Waals surface area contributed by atoms with Gasteiger partial charge in [-0.3, -0.25) is 9.59 Å².